The molecule has 7 heteroatoms. The van der Waals surface area contributed by atoms with Crippen LogP contribution in [0.2, 0.25) is 0 Å². The quantitative estimate of drug-likeness (QED) is 0.814. The Balaban J connectivity index is 1.52. The second-order valence-corrected chi connectivity index (χ2v) is 5.43. The number of nitrogen functional groups attached to an aromatic ring is 1. The number of nitrogens with two attached hydrogens (primary N) is 1. The number of aromatic nitrogens is 1. The normalized spacial score (nSPS) is 13.1. The number of nitrogens with one attached hydrogen (secondary N) is 1. The molecular weight excluding hydrogens is 308 g/mol. The average molecular weight is 324 g/mol. The molecule has 2 aromatic rings. The Morgan fingerprint density at radius 3 is 2.33 bits per heavy atom. The van der Waals surface area contributed by atoms with Crippen LogP contribution in [0, 0.1) is 0 Å². The number of imide groups is 1. The van der Waals surface area contributed by atoms with E-state index in [1.165, 1.54) is 11.1 Å². The van der Waals surface area contributed by atoms with Crippen molar-refractivity contribution in [1.82, 2.24) is 9.88 Å². The summed E-state index contributed by atoms with van der Waals surface area (Å²) in [7, 11) is 0. The maximum atomic E-state index is 12.2. The molecule has 1 aromatic carbocycles. The van der Waals surface area contributed by atoms with Crippen LogP contribution in [-0.2, 0) is 4.79 Å². The summed E-state index contributed by atoms with van der Waals surface area (Å²) in [5.41, 5.74) is 6.86. The van der Waals surface area contributed by atoms with E-state index < -0.39 is 0 Å². The van der Waals surface area contributed by atoms with E-state index >= 15 is 0 Å². The molecular formula is C17H16N4O3. The number of nitrogens with zero attached hydrogens (tertiary/aromatic N) is 2. The van der Waals surface area contributed by atoms with Crippen LogP contribution < -0.4 is 11.1 Å². The molecule has 3 rings (SSSR count). The highest BCUT2D eigenvalue weighted by atomic mass is 16.2. The standard InChI is InChI=1S/C17H16N4O3/c18-14-8-7-11(10-19-14)20-15(22)6-3-9-21-16(23)12-4-1-2-5-13(12)17(21)24/h1-2,4-5,7-8,10H,3,6,9H2,(H2,18,19)(H,20,22). The molecule has 24 heavy (non-hydrogen) atoms. The number of rotatable bonds is 5. The van der Waals surface area contributed by atoms with E-state index in [0.717, 1.165) is 0 Å². The van der Waals surface area contributed by atoms with Gasteiger partial charge in [-0.3, -0.25) is 19.3 Å². The van der Waals surface area contributed by atoms with Crippen LogP contribution in [0.15, 0.2) is 42.6 Å². The fraction of sp³-hybridized carbons (Fsp3) is 0.176. The lowest BCUT2D eigenvalue weighted by Gasteiger charge is -2.13. The summed E-state index contributed by atoms with van der Waals surface area (Å²) in [6.45, 7) is 0.208. The Bertz CT molecular complexity index is 767. The Morgan fingerprint density at radius 1 is 1.08 bits per heavy atom. The van der Waals surface area contributed by atoms with Gasteiger partial charge in [-0.1, -0.05) is 12.1 Å². The van der Waals surface area contributed by atoms with Crippen molar-refractivity contribution >= 4 is 29.2 Å². The largest absolute Gasteiger partial charge is 0.384 e. The molecule has 0 saturated carbocycles. The first-order valence-corrected chi connectivity index (χ1v) is 7.53. The second-order valence-electron chi connectivity index (χ2n) is 5.43. The van der Waals surface area contributed by atoms with Crippen LogP contribution in [-0.4, -0.2) is 34.2 Å². The number of benzene rings is 1. The van der Waals surface area contributed by atoms with Crippen molar-refractivity contribution in [2.24, 2.45) is 0 Å². The van der Waals surface area contributed by atoms with Crippen LogP contribution in [0.5, 0.6) is 0 Å². The van der Waals surface area contributed by atoms with Gasteiger partial charge in [-0.05, 0) is 30.7 Å². The minimum atomic E-state index is -0.307. The SMILES string of the molecule is Nc1ccc(NC(=O)CCCN2C(=O)c3ccccc3C2=O)cn1. The van der Waals surface area contributed by atoms with Crippen molar-refractivity contribution in [3.63, 3.8) is 0 Å². The first-order chi connectivity index (χ1) is 11.6. The number of carbonyl (C=O) groups is 3. The van der Waals surface area contributed by atoms with E-state index in [-0.39, 0.29) is 30.7 Å². The summed E-state index contributed by atoms with van der Waals surface area (Å²) in [5, 5.41) is 2.69. The third-order valence-electron chi connectivity index (χ3n) is 3.73. The number of carbonyl (C=O) groups excluding carboxylic acids is 3. The lowest BCUT2D eigenvalue weighted by molar-refractivity contribution is -0.116. The van der Waals surface area contributed by atoms with Crippen LogP contribution >= 0.6 is 0 Å². The van der Waals surface area contributed by atoms with Crippen LogP contribution in [0.3, 0.4) is 0 Å². The van der Waals surface area contributed by atoms with E-state index in [9.17, 15) is 14.4 Å². The van der Waals surface area contributed by atoms with Gasteiger partial charge in [0.15, 0.2) is 0 Å². The predicted octanol–water partition coefficient (Wildman–Crippen LogP) is 1.68. The molecule has 1 aliphatic rings. The molecule has 3 N–H and O–H groups in total. The van der Waals surface area contributed by atoms with Gasteiger partial charge in [0.1, 0.15) is 5.82 Å². The van der Waals surface area contributed by atoms with Crippen LogP contribution in [0.1, 0.15) is 33.6 Å². The maximum Gasteiger partial charge on any atom is 0.261 e. The van der Waals surface area contributed by atoms with Crippen LogP contribution in [0.25, 0.3) is 0 Å². The summed E-state index contributed by atoms with van der Waals surface area (Å²) < 4.78 is 0. The Kier molecular flexibility index (Phi) is 4.24. The van der Waals surface area contributed by atoms with Crippen molar-refractivity contribution in [2.45, 2.75) is 12.8 Å². The number of amides is 3. The van der Waals surface area contributed by atoms with Crippen molar-refractivity contribution in [2.75, 3.05) is 17.6 Å². The number of fused-ring (bicyclic) bond motifs is 1. The van der Waals surface area contributed by atoms with Gasteiger partial charge in [-0.15, -0.1) is 0 Å². The van der Waals surface area contributed by atoms with Gasteiger partial charge in [0.2, 0.25) is 5.91 Å². The van der Waals surface area contributed by atoms with Gasteiger partial charge < -0.3 is 11.1 Å². The molecule has 0 unspecified atom stereocenters. The third kappa shape index (κ3) is 3.10. The number of hydrogen-bond acceptors (Lipinski definition) is 5. The van der Waals surface area contributed by atoms with E-state index in [2.05, 4.69) is 10.3 Å². The van der Waals surface area contributed by atoms with E-state index in [1.807, 2.05) is 0 Å². The zero-order chi connectivity index (χ0) is 17.1. The molecule has 3 amide bonds. The highest BCUT2D eigenvalue weighted by molar-refractivity contribution is 6.21. The third-order valence-corrected chi connectivity index (χ3v) is 3.73. The zero-order valence-corrected chi connectivity index (χ0v) is 12.9. The highest BCUT2D eigenvalue weighted by Gasteiger charge is 2.34. The lowest BCUT2D eigenvalue weighted by atomic mass is 10.1. The monoisotopic (exact) mass is 324 g/mol. The molecule has 122 valence electrons. The van der Waals surface area contributed by atoms with Gasteiger partial charge in [-0.2, -0.15) is 0 Å². The first kappa shape index (κ1) is 15.7. The number of pyridine rings is 1. The van der Waals surface area contributed by atoms with Crippen LogP contribution in [0.4, 0.5) is 11.5 Å². The fourth-order valence-electron chi connectivity index (χ4n) is 2.54. The van der Waals surface area contributed by atoms with Gasteiger partial charge >= 0.3 is 0 Å². The number of hydrogen-bond donors (Lipinski definition) is 2. The van der Waals surface area contributed by atoms with E-state index in [1.54, 1.807) is 36.4 Å². The van der Waals surface area contributed by atoms with Gasteiger partial charge in [0.05, 0.1) is 23.0 Å². The molecule has 0 spiro atoms. The van der Waals surface area contributed by atoms with E-state index in [0.29, 0.717) is 29.1 Å². The molecule has 2 heterocycles. The summed E-state index contributed by atoms with van der Waals surface area (Å²) >= 11 is 0. The molecule has 1 aliphatic heterocycles. The minimum absolute atomic E-state index is 0.192. The predicted molar refractivity (Wildman–Crippen MR) is 88.3 cm³/mol. The maximum absolute atomic E-state index is 12.2. The lowest BCUT2D eigenvalue weighted by Crippen LogP contribution is -2.31. The number of anilines is 2. The average Bonchev–Trinajstić information content (AvgIpc) is 2.82. The highest BCUT2D eigenvalue weighted by Crippen LogP contribution is 2.22. The summed E-state index contributed by atoms with van der Waals surface area (Å²) in [6.07, 6.45) is 2.05. The molecule has 0 fully saturated rings. The van der Waals surface area contributed by atoms with Crippen molar-refractivity contribution in [3.8, 4) is 0 Å². The van der Waals surface area contributed by atoms with Gasteiger partial charge in [-0.25, -0.2) is 4.98 Å². The molecule has 0 atom stereocenters. The molecule has 0 bridgehead atoms. The summed E-state index contributed by atoms with van der Waals surface area (Å²) in [5.74, 6) is -0.450. The molecule has 1 aromatic heterocycles. The van der Waals surface area contributed by atoms with Crippen molar-refractivity contribution < 1.29 is 14.4 Å². The van der Waals surface area contributed by atoms with Crippen molar-refractivity contribution in [3.05, 3.63) is 53.7 Å². The first-order valence-electron chi connectivity index (χ1n) is 7.53. The topological polar surface area (TPSA) is 105 Å². The Hall–Kier alpha value is -3.22. The van der Waals surface area contributed by atoms with Gasteiger partial charge in [0.25, 0.3) is 11.8 Å². The fourth-order valence-corrected chi connectivity index (χ4v) is 2.54. The van der Waals surface area contributed by atoms with Crippen molar-refractivity contribution in [1.29, 1.82) is 0 Å². The Labute approximate surface area is 138 Å². The smallest absolute Gasteiger partial charge is 0.261 e. The molecule has 7 nitrogen and oxygen atoms in total. The second kappa shape index (κ2) is 6.49. The Morgan fingerprint density at radius 2 is 1.75 bits per heavy atom. The zero-order valence-electron chi connectivity index (χ0n) is 12.9. The van der Waals surface area contributed by atoms with Gasteiger partial charge in [0, 0.05) is 13.0 Å². The minimum Gasteiger partial charge on any atom is -0.384 e. The molecule has 0 saturated heterocycles. The van der Waals surface area contributed by atoms with E-state index in [4.69, 9.17) is 5.73 Å². The molecule has 0 radical (unpaired) electrons. The summed E-state index contributed by atoms with van der Waals surface area (Å²) in [6, 6.07) is 9.97. The molecule has 0 aliphatic carbocycles. The summed E-state index contributed by atoms with van der Waals surface area (Å²) in [4.78, 5) is 41.3.